The van der Waals surface area contributed by atoms with Gasteiger partial charge in [-0.2, -0.15) is 0 Å². The van der Waals surface area contributed by atoms with Gasteiger partial charge in [0.05, 0.1) is 0 Å². The Hall–Kier alpha value is -0.960. The van der Waals surface area contributed by atoms with Crippen molar-refractivity contribution in [3.63, 3.8) is 0 Å². The van der Waals surface area contributed by atoms with Gasteiger partial charge in [0.2, 0.25) is 0 Å². The predicted octanol–water partition coefficient (Wildman–Crippen LogP) is 2.92. The fraction of sp³-hybridized carbons (Fsp3) is 0.500. The maximum Gasteiger partial charge on any atom is 0.126 e. The molecule has 1 aromatic carbocycles. The van der Waals surface area contributed by atoms with Gasteiger partial charge in [-0.05, 0) is 36.6 Å². The molecule has 0 spiro atoms. The first-order chi connectivity index (χ1) is 7.04. The van der Waals surface area contributed by atoms with Crippen molar-refractivity contribution in [1.29, 1.82) is 0 Å². The number of likely N-dealkylation sites (N-methyl/N-ethyl adjacent to an activating group) is 1. The fourth-order valence-corrected chi connectivity index (χ4v) is 1.75. The molecule has 15 heavy (non-hydrogen) atoms. The minimum atomic E-state index is -0.508. The average Bonchev–Trinajstić information content (AvgIpc) is 2.11. The summed E-state index contributed by atoms with van der Waals surface area (Å²) in [6, 6.07) is 3.72. The van der Waals surface area contributed by atoms with Crippen LogP contribution in [0.15, 0.2) is 18.2 Å². The lowest BCUT2D eigenvalue weighted by atomic mass is 9.88. The maximum absolute atomic E-state index is 13.0. The van der Waals surface area contributed by atoms with E-state index in [0.717, 1.165) is 18.2 Å². The lowest BCUT2D eigenvalue weighted by Crippen LogP contribution is -2.21. The van der Waals surface area contributed by atoms with Gasteiger partial charge in [0.25, 0.3) is 0 Å². The Kier molecular flexibility index (Phi) is 4.21. The van der Waals surface area contributed by atoms with Gasteiger partial charge in [-0.3, -0.25) is 0 Å². The van der Waals surface area contributed by atoms with E-state index >= 15 is 0 Å². The normalized spacial score (nSPS) is 13.2. The summed E-state index contributed by atoms with van der Waals surface area (Å²) < 4.78 is 26.1. The van der Waals surface area contributed by atoms with E-state index in [1.165, 1.54) is 12.1 Å². The zero-order valence-corrected chi connectivity index (χ0v) is 9.35. The standard InChI is InChI=1S/C12H17F2N/c1-8(2)12(7-15-3)9-4-10(13)6-11(14)5-9/h4-6,8,12,15H,7H2,1-3H3. The summed E-state index contributed by atoms with van der Waals surface area (Å²) in [5.41, 5.74) is 0.719. The number of nitrogens with one attached hydrogen (secondary N) is 1. The van der Waals surface area contributed by atoms with Gasteiger partial charge in [-0.1, -0.05) is 13.8 Å². The molecule has 0 saturated heterocycles. The Balaban J connectivity index is 2.99. The average molecular weight is 213 g/mol. The third kappa shape index (κ3) is 3.27. The number of hydrogen-bond donors (Lipinski definition) is 1. The molecule has 0 aliphatic carbocycles. The molecule has 3 heteroatoms. The highest BCUT2D eigenvalue weighted by Gasteiger charge is 2.16. The van der Waals surface area contributed by atoms with Crippen LogP contribution in [0.1, 0.15) is 25.3 Å². The minimum Gasteiger partial charge on any atom is -0.319 e. The summed E-state index contributed by atoms with van der Waals surface area (Å²) in [6.07, 6.45) is 0. The molecule has 0 saturated carbocycles. The van der Waals surface area contributed by atoms with E-state index in [9.17, 15) is 8.78 Å². The molecule has 1 rings (SSSR count). The number of halogens is 2. The SMILES string of the molecule is CNCC(c1cc(F)cc(F)c1)C(C)C. The van der Waals surface area contributed by atoms with Crippen molar-refractivity contribution in [3.8, 4) is 0 Å². The molecule has 0 bridgehead atoms. The highest BCUT2D eigenvalue weighted by atomic mass is 19.1. The Morgan fingerprint density at radius 1 is 1.13 bits per heavy atom. The van der Waals surface area contributed by atoms with E-state index in [4.69, 9.17) is 0 Å². The third-order valence-corrected chi connectivity index (χ3v) is 2.54. The van der Waals surface area contributed by atoms with E-state index in [0.29, 0.717) is 5.92 Å². The first-order valence-electron chi connectivity index (χ1n) is 5.15. The minimum absolute atomic E-state index is 0.139. The molecule has 1 unspecified atom stereocenters. The molecule has 0 heterocycles. The quantitative estimate of drug-likeness (QED) is 0.810. The highest BCUT2D eigenvalue weighted by molar-refractivity contribution is 5.22. The fourth-order valence-electron chi connectivity index (χ4n) is 1.75. The zero-order valence-electron chi connectivity index (χ0n) is 9.35. The van der Waals surface area contributed by atoms with Crippen LogP contribution < -0.4 is 5.32 Å². The molecule has 1 aromatic rings. The maximum atomic E-state index is 13.0. The number of hydrogen-bond acceptors (Lipinski definition) is 1. The molecule has 0 aliphatic rings. The first-order valence-corrected chi connectivity index (χ1v) is 5.15. The molecule has 84 valence electrons. The molecular formula is C12H17F2N. The monoisotopic (exact) mass is 213 g/mol. The molecule has 0 radical (unpaired) electrons. The lowest BCUT2D eigenvalue weighted by molar-refractivity contribution is 0.471. The Morgan fingerprint density at radius 2 is 1.67 bits per heavy atom. The van der Waals surface area contributed by atoms with Crippen LogP contribution in [0, 0.1) is 17.6 Å². The lowest BCUT2D eigenvalue weighted by Gasteiger charge is -2.21. The second-order valence-corrected chi connectivity index (χ2v) is 4.11. The summed E-state index contributed by atoms with van der Waals surface area (Å²) in [4.78, 5) is 0. The summed E-state index contributed by atoms with van der Waals surface area (Å²) in [7, 11) is 1.84. The van der Waals surface area contributed by atoms with E-state index < -0.39 is 11.6 Å². The molecule has 0 aliphatic heterocycles. The van der Waals surface area contributed by atoms with Crippen LogP contribution in [0.25, 0.3) is 0 Å². The second kappa shape index (κ2) is 5.21. The molecule has 0 amide bonds. The Morgan fingerprint density at radius 3 is 2.07 bits per heavy atom. The summed E-state index contributed by atoms with van der Waals surface area (Å²) in [5, 5.41) is 3.04. The van der Waals surface area contributed by atoms with Crippen LogP contribution in [0.5, 0.6) is 0 Å². The van der Waals surface area contributed by atoms with Crippen LogP contribution in [0.2, 0.25) is 0 Å². The first kappa shape index (κ1) is 12.1. The smallest absolute Gasteiger partial charge is 0.126 e. The van der Waals surface area contributed by atoms with Crippen molar-refractivity contribution in [2.24, 2.45) is 5.92 Å². The van der Waals surface area contributed by atoms with Crippen molar-refractivity contribution in [1.82, 2.24) is 5.32 Å². The van der Waals surface area contributed by atoms with Crippen molar-refractivity contribution >= 4 is 0 Å². The summed E-state index contributed by atoms with van der Waals surface area (Å²) in [5.74, 6) is -0.530. The van der Waals surface area contributed by atoms with E-state index in [-0.39, 0.29) is 5.92 Å². The zero-order chi connectivity index (χ0) is 11.4. The highest BCUT2D eigenvalue weighted by Crippen LogP contribution is 2.25. The van der Waals surface area contributed by atoms with Crippen LogP contribution in [-0.2, 0) is 0 Å². The van der Waals surface area contributed by atoms with Crippen molar-refractivity contribution in [2.45, 2.75) is 19.8 Å². The largest absolute Gasteiger partial charge is 0.319 e. The van der Waals surface area contributed by atoms with Gasteiger partial charge in [-0.15, -0.1) is 0 Å². The molecule has 1 nitrogen and oxygen atoms in total. The van der Waals surface area contributed by atoms with Gasteiger partial charge < -0.3 is 5.32 Å². The Bertz CT molecular complexity index is 303. The van der Waals surface area contributed by atoms with Crippen LogP contribution in [0.4, 0.5) is 8.78 Å². The van der Waals surface area contributed by atoms with E-state index in [1.54, 1.807) is 0 Å². The van der Waals surface area contributed by atoms with Gasteiger partial charge in [-0.25, -0.2) is 8.78 Å². The topological polar surface area (TPSA) is 12.0 Å². The Labute approximate surface area is 89.5 Å². The van der Waals surface area contributed by atoms with Crippen molar-refractivity contribution < 1.29 is 8.78 Å². The van der Waals surface area contributed by atoms with Gasteiger partial charge >= 0.3 is 0 Å². The molecule has 1 atom stereocenters. The van der Waals surface area contributed by atoms with Crippen molar-refractivity contribution in [2.75, 3.05) is 13.6 Å². The van der Waals surface area contributed by atoms with Crippen molar-refractivity contribution in [3.05, 3.63) is 35.4 Å². The summed E-state index contributed by atoms with van der Waals surface area (Å²) in [6.45, 7) is 4.82. The summed E-state index contributed by atoms with van der Waals surface area (Å²) >= 11 is 0. The van der Waals surface area contributed by atoms with Gasteiger partial charge in [0.15, 0.2) is 0 Å². The molecular weight excluding hydrogens is 196 g/mol. The molecule has 1 N–H and O–H groups in total. The third-order valence-electron chi connectivity index (χ3n) is 2.54. The second-order valence-electron chi connectivity index (χ2n) is 4.11. The predicted molar refractivity (Wildman–Crippen MR) is 57.9 cm³/mol. The number of rotatable bonds is 4. The van der Waals surface area contributed by atoms with E-state index in [2.05, 4.69) is 5.32 Å². The van der Waals surface area contributed by atoms with E-state index in [1.807, 2.05) is 20.9 Å². The molecule has 0 aromatic heterocycles. The van der Waals surface area contributed by atoms with Crippen LogP contribution in [-0.4, -0.2) is 13.6 Å². The van der Waals surface area contributed by atoms with Gasteiger partial charge in [0.1, 0.15) is 11.6 Å². The van der Waals surface area contributed by atoms with Crippen LogP contribution >= 0.6 is 0 Å². The molecule has 0 fully saturated rings. The number of benzene rings is 1. The van der Waals surface area contributed by atoms with Crippen LogP contribution in [0.3, 0.4) is 0 Å². The van der Waals surface area contributed by atoms with Gasteiger partial charge in [0, 0.05) is 12.6 Å².